The van der Waals surface area contributed by atoms with E-state index in [0.717, 1.165) is 10.5 Å². The molecule has 1 saturated carbocycles. The zero-order valence-electron chi connectivity index (χ0n) is 19.5. The van der Waals surface area contributed by atoms with Crippen LogP contribution in [0, 0.1) is 31.6 Å². The number of likely N-dealkylation sites (tertiary alicyclic amines) is 2. The Morgan fingerprint density at radius 2 is 1.66 bits per heavy atom. The van der Waals surface area contributed by atoms with Gasteiger partial charge in [0.25, 0.3) is 11.8 Å². The van der Waals surface area contributed by atoms with Gasteiger partial charge in [0.2, 0.25) is 11.8 Å². The van der Waals surface area contributed by atoms with Crippen molar-refractivity contribution in [3.05, 3.63) is 40.5 Å². The van der Waals surface area contributed by atoms with Crippen molar-refractivity contribution in [3.8, 4) is 5.75 Å². The summed E-state index contributed by atoms with van der Waals surface area (Å²) >= 11 is 17.6. The lowest BCUT2D eigenvalue weighted by molar-refractivity contribution is -0.141. The highest BCUT2D eigenvalue weighted by Crippen LogP contribution is 2.65. The van der Waals surface area contributed by atoms with E-state index in [1.54, 1.807) is 32.9 Å². The summed E-state index contributed by atoms with van der Waals surface area (Å²) in [6.45, 7) is 5.52. The molecule has 35 heavy (non-hydrogen) atoms. The first kappa shape index (κ1) is 24.8. The monoisotopic (exact) mass is 582 g/mol. The van der Waals surface area contributed by atoms with E-state index in [4.69, 9.17) is 23.2 Å². The second kappa shape index (κ2) is 8.05. The van der Waals surface area contributed by atoms with Crippen molar-refractivity contribution < 1.29 is 24.3 Å². The summed E-state index contributed by atoms with van der Waals surface area (Å²) in [5.74, 6) is -4.11. The Bertz CT molecular complexity index is 1210. The number of nitrogens with zero attached hydrogens (tertiary/aromatic N) is 2. The van der Waals surface area contributed by atoms with E-state index in [1.165, 1.54) is 4.90 Å². The summed E-state index contributed by atoms with van der Waals surface area (Å²) in [4.78, 5) is 52.2. The Morgan fingerprint density at radius 3 is 2.23 bits per heavy atom. The van der Waals surface area contributed by atoms with Gasteiger partial charge in [0, 0.05) is 12.5 Å². The average Bonchev–Trinajstić information content (AvgIpc) is 3.14. The molecule has 186 valence electrons. The zero-order valence-corrected chi connectivity index (χ0v) is 22.6. The maximum atomic E-state index is 13.7. The van der Waals surface area contributed by atoms with Gasteiger partial charge >= 0.3 is 0 Å². The first-order valence-electron chi connectivity index (χ1n) is 11.6. The third-order valence-electron chi connectivity index (χ3n) is 8.27. The van der Waals surface area contributed by atoms with Crippen LogP contribution in [0.25, 0.3) is 0 Å². The van der Waals surface area contributed by atoms with Crippen molar-refractivity contribution in [3.63, 3.8) is 0 Å². The largest absolute Gasteiger partial charge is 0.507 e. The molecule has 0 spiro atoms. The second-order valence-corrected chi connectivity index (χ2v) is 11.7. The average molecular weight is 584 g/mol. The molecule has 0 bridgehead atoms. The minimum Gasteiger partial charge on any atom is -0.507 e. The van der Waals surface area contributed by atoms with Crippen LogP contribution in [0.1, 0.15) is 42.4 Å². The quantitative estimate of drug-likeness (QED) is 0.253. The van der Waals surface area contributed by atoms with Crippen LogP contribution in [0.15, 0.2) is 23.8 Å². The summed E-state index contributed by atoms with van der Waals surface area (Å²) in [6.07, 6.45) is 2.23. The van der Waals surface area contributed by atoms with Crippen molar-refractivity contribution in [2.75, 3.05) is 12.0 Å². The summed E-state index contributed by atoms with van der Waals surface area (Å²) in [5.41, 5.74) is 2.50. The van der Waals surface area contributed by atoms with Crippen LogP contribution in [-0.4, -0.2) is 60.3 Å². The van der Waals surface area contributed by atoms with Crippen LogP contribution in [-0.2, 0) is 19.2 Å². The minimum absolute atomic E-state index is 0.0255. The molecule has 10 heteroatoms. The lowest BCUT2D eigenvalue weighted by Crippen LogP contribution is -2.60. The van der Waals surface area contributed by atoms with Crippen molar-refractivity contribution in [1.29, 1.82) is 0 Å². The Balaban J connectivity index is 1.76. The van der Waals surface area contributed by atoms with Gasteiger partial charge in [-0.25, -0.2) is 0 Å². The maximum absolute atomic E-state index is 13.7. The number of hydrogen-bond acceptors (Lipinski definition) is 5. The molecule has 7 nitrogen and oxygen atoms in total. The molecule has 3 fully saturated rings. The van der Waals surface area contributed by atoms with E-state index in [1.807, 2.05) is 6.08 Å². The van der Waals surface area contributed by atoms with E-state index in [9.17, 15) is 24.3 Å². The molecular weight excluding hydrogens is 559 g/mol. The molecule has 2 saturated heterocycles. The number of carbonyl (C=O) groups excluding carboxylic acids is 4. The molecule has 1 aromatic rings. The number of benzene rings is 1. The molecule has 6 atom stereocenters. The number of rotatable bonds is 3. The number of halogens is 3. The lowest BCUT2D eigenvalue weighted by atomic mass is 9.56. The molecule has 1 N–H and O–H groups in total. The number of allylic oxidation sites excluding steroid dienone is 2. The number of phenolic OH excluding ortho intramolecular Hbond substituents is 1. The van der Waals surface area contributed by atoms with Crippen LogP contribution >= 0.6 is 39.1 Å². The van der Waals surface area contributed by atoms with Gasteiger partial charge in [-0.3, -0.25) is 29.0 Å². The van der Waals surface area contributed by atoms with E-state index in [-0.39, 0.29) is 36.0 Å². The van der Waals surface area contributed by atoms with E-state index < -0.39 is 45.2 Å². The first-order chi connectivity index (χ1) is 16.4. The van der Waals surface area contributed by atoms with E-state index in [0.29, 0.717) is 23.1 Å². The van der Waals surface area contributed by atoms with Gasteiger partial charge in [-0.15, -0.1) is 23.2 Å². The van der Waals surface area contributed by atoms with Gasteiger partial charge in [0.05, 0.1) is 17.3 Å². The topological polar surface area (TPSA) is 95.0 Å². The maximum Gasteiger partial charge on any atom is 0.254 e. The van der Waals surface area contributed by atoms with Gasteiger partial charge in [-0.2, -0.15) is 0 Å². The van der Waals surface area contributed by atoms with Crippen LogP contribution < -0.4 is 0 Å². The molecule has 4 aliphatic rings. The molecule has 0 aromatic heterocycles. The molecule has 2 aliphatic carbocycles. The smallest absolute Gasteiger partial charge is 0.254 e. The Morgan fingerprint density at radius 1 is 1.03 bits per heavy atom. The van der Waals surface area contributed by atoms with Gasteiger partial charge in [0.15, 0.2) is 9.75 Å². The third kappa shape index (κ3) is 2.96. The second-order valence-electron chi connectivity index (χ2n) is 9.91. The predicted octanol–water partition coefficient (Wildman–Crippen LogP) is 3.74. The van der Waals surface area contributed by atoms with Gasteiger partial charge in [0.1, 0.15) is 5.75 Å². The van der Waals surface area contributed by atoms with Crippen molar-refractivity contribution in [2.45, 2.75) is 49.3 Å². The normalized spacial score (nSPS) is 36.3. The highest BCUT2D eigenvalue weighted by atomic mass is 79.9. The molecule has 4 amide bonds. The number of imide groups is 2. The zero-order chi connectivity index (χ0) is 25.6. The molecule has 2 heterocycles. The number of aryl methyl sites for hydroxylation is 2. The SMILES string of the molecule is CCN1C(=O)C2CC=C3C(CC4(Cl)C(=O)N(CBr)C(=O)C4(Cl)C3c3cc(C)c(O)c(C)c3)C2C1=O. The molecule has 1 aromatic carbocycles. The van der Waals surface area contributed by atoms with Crippen LogP contribution in [0.3, 0.4) is 0 Å². The number of fused-ring (bicyclic) bond motifs is 4. The number of phenols is 1. The molecule has 5 rings (SSSR count). The first-order valence-corrected chi connectivity index (χ1v) is 13.5. The number of hydrogen-bond donors (Lipinski definition) is 1. The highest BCUT2D eigenvalue weighted by Gasteiger charge is 2.76. The van der Waals surface area contributed by atoms with Crippen LogP contribution in [0.2, 0.25) is 0 Å². The summed E-state index contributed by atoms with van der Waals surface area (Å²) < 4.78 is 0. The Kier molecular flexibility index (Phi) is 5.70. The van der Waals surface area contributed by atoms with Gasteiger partial charge < -0.3 is 5.11 Å². The predicted molar refractivity (Wildman–Crippen MR) is 133 cm³/mol. The lowest BCUT2D eigenvalue weighted by Gasteiger charge is -2.51. The molecule has 0 radical (unpaired) electrons. The Hall–Kier alpha value is -1.90. The van der Waals surface area contributed by atoms with Crippen molar-refractivity contribution in [1.82, 2.24) is 9.80 Å². The van der Waals surface area contributed by atoms with E-state index >= 15 is 0 Å². The minimum atomic E-state index is -1.83. The fourth-order valence-electron chi connectivity index (χ4n) is 6.66. The fraction of sp³-hybridized carbons (Fsp3) is 0.520. The summed E-state index contributed by atoms with van der Waals surface area (Å²) in [5, 5.41) is 10.4. The standard InChI is InChI=1S/C25H25BrCl2N2O5/c1-4-29-20(32)15-6-5-14-16(17(15)21(29)33)9-24(27)22(34)30(10-26)23(35)25(24,28)18(14)13-7-11(2)19(31)12(3)8-13/h5,7-8,15-18,31H,4,6,9-10H2,1-3H3. The van der Waals surface area contributed by atoms with Gasteiger partial charge in [-0.1, -0.05) is 39.7 Å². The number of carbonyl (C=O) groups is 4. The van der Waals surface area contributed by atoms with Crippen molar-refractivity contribution in [2.24, 2.45) is 17.8 Å². The fourth-order valence-corrected chi connectivity index (χ4v) is 8.09. The number of aromatic hydroxyl groups is 1. The van der Waals surface area contributed by atoms with Crippen LogP contribution in [0.5, 0.6) is 5.75 Å². The van der Waals surface area contributed by atoms with Crippen LogP contribution in [0.4, 0.5) is 0 Å². The van der Waals surface area contributed by atoms with Gasteiger partial charge in [-0.05, 0) is 56.2 Å². The molecule has 2 aliphatic heterocycles. The number of amides is 4. The third-order valence-corrected chi connectivity index (χ3v) is 10.2. The van der Waals surface area contributed by atoms with E-state index in [2.05, 4.69) is 15.9 Å². The molecular formula is C25H25BrCl2N2O5. The molecule has 6 unspecified atom stereocenters. The van der Waals surface area contributed by atoms with Crippen molar-refractivity contribution >= 4 is 62.8 Å². The summed E-state index contributed by atoms with van der Waals surface area (Å²) in [6, 6.07) is 3.50. The highest BCUT2D eigenvalue weighted by molar-refractivity contribution is 9.09. The number of alkyl halides is 3. The summed E-state index contributed by atoms with van der Waals surface area (Å²) in [7, 11) is 0. The Labute approximate surface area is 221 Å².